The van der Waals surface area contributed by atoms with Gasteiger partial charge in [0.05, 0.1) is 46.2 Å². The van der Waals surface area contributed by atoms with Crippen molar-refractivity contribution in [2.45, 2.75) is 46.9 Å². The van der Waals surface area contributed by atoms with E-state index in [0.29, 0.717) is 36.6 Å². The van der Waals surface area contributed by atoms with Gasteiger partial charge in [0.2, 0.25) is 0 Å². The molecule has 0 bridgehead atoms. The highest BCUT2D eigenvalue weighted by Gasteiger charge is 2.20. The molecule has 3 N–H and O–H groups in total. The van der Waals surface area contributed by atoms with Gasteiger partial charge in [-0.15, -0.1) is 0 Å². The Bertz CT molecular complexity index is 1450. The molecule has 4 rings (SSSR count). The summed E-state index contributed by atoms with van der Waals surface area (Å²) in [7, 11) is 3.62. The number of aromatic nitrogens is 4. The predicted molar refractivity (Wildman–Crippen MR) is 151 cm³/mol. The zero-order chi connectivity index (χ0) is 27.4. The third-order valence-electron chi connectivity index (χ3n) is 6.77. The van der Waals surface area contributed by atoms with Gasteiger partial charge in [-0.1, -0.05) is 11.6 Å². The lowest BCUT2D eigenvalue weighted by atomic mass is 10.0. The summed E-state index contributed by atoms with van der Waals surface area (Å²) in [5.41, 5.74) is 7.45. The quantitative estimate of drug-likeness (QED) is 0.296. The summed E-state index contributed by atoms with van der Waals surface area (Å²) in [6, 6.07) is 11.6. The van der Waals surface area contributed by atoms with Crippen LogP contribution in [0.4, 0.5) is 5.69 Å². The number of fused-ring (bicyclic) bond motifs is 1. The molecule has 0 aliphatic rings. The number of nitrogens with one attached hydrogen (secondary N) is 2. The minimum Gasteiger partial charge on any atom is -0.390 e. The lowest BCUT2D eigenvalue weighted by Gasteiger charge is -2.19. The van der Waals surface area contributed by atoms with Crippen molar-refractivity contribution in [3.05, 3.63) is 70.7 Å². The van der Waals surface area contributed by atoms with Crippen molar-refractivity contribution in [2.24, 2.45) is 0 Å². The summed E-state index contributed by atoms with van der Waals surface area (Å²) < 4.78 is 1.94. The Hall–Kier alpha value is -3.82. The largest absolute Gasteiger partial charge is 0.390 e. The fourth-order valence-corrected chi connectivity index (χ4v) is 4.57. The molecule has 38 heavy (non-hydrogen) atoms. The molecule has 3 aromatic heterocycles. The van der Waals surface area contributed by atoms with E-state index in [1.165, 1.54) is 0 Å². The van der Waals surface area contributed by atoms with E-state index in [1.807, 2.05) is 75.1 Å². The number of hydrogen-bond acceptors (Lipinski definition) is 7. The van der Waals surface area contributed by atoms with Crippen LogP contribution < -0.4 is 10.6 Å². The van der Waals surface area contributed by atoms with Gasteiger partial charge in [-0.25, -0.2) is 9.97 Å². The topological polar surface area (TPSA) is 108 Å². The zero-order valence-corrected chi connectivity index (χ0v) is 23.0. The van der Waals surface area contributed by atoms with Gasteiger partial charge in [0, 0.05) is 49.9 Å². The SMILES string of the molecule is CCn1ncc(CN(C)C(=O)c2cc(-c3ccc(NCC(O)CNC)c(C)n3)nc3ccc(C)cc23)c1C. The van der Waals surface area contributed by atoms with E-state index in [9.17, 15) is 9.90 Å². The van der Waals surface area contributed by atoms with E-state index in [2.05, 4.69) is 22.7 Å². The van der Waals surface area contributed by atoms with Gasteiger partial charge in [-0.05, 0) is 65.1 Å². The van der Waals surface area contributed by atoms with Gasteiger partial charge in [-0.3, -0.25) is 9.48 Å². The molecule has 0 saturated heterocycles. The molecule has 1 atom stereocenters. The molecule has 1 unspecified atom stereocenters. The van der Waals surface area contributed by atoms with Crippen LogP contribution in [0.1, 0.15) is 39.8 Å². The smallest absolute Gasteiger partial charge is 0.254 e. The third kappa shape index (κ3) is 5.84. The lowest BCUT2D eigenvalue weighted by molar-refractivity contribution is 0.0787. The van der Waals surface area contributed by atoms with Crippen LogP contribution >= 0.6 is 0 Å². The molecule has 0 spiro atoms. The number of aryl methyl sites for hydroxylation is 3. The van der Waals surface area contributed by atoms with Crippen molar-refractivity contribution < 1.29 is 9.90 Å². The van der Waals surface area contributed by atoms with Gasteiger partial charge in [-0.2, -0.15) is 5.10 Å². The van der Waals surface area contributed by atoms with Crippen molar-refractivity contribution in [3.63, 3.8) is 0 Å². The Balaban J connectivity index is 1.67. The van der Waals surface area contributed by atoms with Crippen molar-refractivity contribution in [1.82, 2.24) is 30.0 Å². The molecule has 9 heteroatoms. The fraction of sp³-hybridized carbons (Fsp3) is 0.379. The van der Waals surface area contributed by atoms with E-state index >= 15 is 0 Å². The van der Waals surface area contributed by atoms with E-state index in [-0.39, 0.29) is 5.91 Å². The molecule has 0 radical (unpaired) electrons. The van der Waals surface area contributed by atoms with Crippen LogP contribution in [0.3, 0.4) is 0 Å². The standard InChI is InChI=1S/C29H37N7O2/c1-7-36-20(4)21(14-32-36)17-35(6)29(38)24-13-28(34-26-9-8-18(2)12-23(24)26)27-11-10-25(19(3)33-27)31-16-22(37)15-30-5/h8-14,22,30-31,37H,7,15-17H2,1-6H3. The Morgan fingerprint density at radius 2 is 1.87 bits per heavy atom. The number of amides is 1. The summed E-state index contributed by atoms with van der Waals surface area (Å²) in [6.45, 7) is 10.2. The van der Waals surface area contributed by atoms with Crippen LogP contribution in [0.15, 0.2) is 42.6 Å². The van der Waals surface area contributed by atoms with Crippen molar-refractivity contribution >= 4 is 22.5 Å². The number of aliphatic hydroxyl groups excluding tert-OH is 1. The lowest BCUT2D eigenvalue weighted by Crippen LogP contribution is -2.30. The summed E-state index contributed by atoms with van der Waals surface area (Å²) in [6.07, 6.45) is 1.33. The Kier molecular flexibility index (Phi) is 8.38. The first-order chi connectivity index (χ1) is 18.2. The van der Waals surface area contributed by atoms with Crippen molar-refractivity contribution in [3.8, 4) is 11.4 Å². The molecule has 0 aliphatic carbocycles. The number of carbonyl (C=O) groups excluding carboxylic acids is 1. The monoisotopic (exact) mass is 515 g/mol. The van der Waals surface area contributed by atoms with Crippen LogP contribution in [0.5, 0.6) is 0 Å². The second kappa shape index (κ2) is 11.7. The van der Waals surface area contributed by atoms with Crippen molar-refractivity contribution in [2.75, 3.05) is 32.5 Å². The van der Waals surface area contributed by atoms with Crippen LogP contribution in [0.25, 0.3) is 22.3 Å². The number of anilines is 1. The third-order valence-corrected chi connectivity index (χ3v) is 6.77. The average molecular weight is 516 g/mol. The molecule has 3 heterocycles. The number of likely N-dealkylation sites (N-methyl/N-ethyl adjacent to an activating group) is 1. The van der Waals surface area contributed by atoms with Crippen LogP contribution in [-0.4, -0.2) is 69.0 Å². The highest BCUT2D eigenvalue weighted by Crippen LogP contribution is 2.28. The molecule has 0 saturated carbocycles. The number of hydrogen-bond donors (Lipinski definition) is 3. The van der Waals surface area contributed by atoms with E-state index in [0.717, 1.165) is 45.6 Å². The molecule has 9 nitrogen and oxygen atoms in total. The van der Waals surface area contributed by atoms with Crippen LogP contribution in [0.2, 0.25) is 0 Å². The van der Waals surface area contributed by atoms with Gasteiger partial charge < -0.3 is 20.6 Å². The minimum atomic E-state index is -0.504. The molecule has 0 fully saturated rings. The number of pyridine rings is 2. The molecule has 1 aromatic carbocycles. The molecule has 200 valence electrons. The summed E-state index contributed by atoms with van der Waals surface area (Å²) in [4.78, 5) is 25.1. The number of aliphatic hydroxyl groups is 1. The number of rotatable bonds is 10. The zero-order valence-electron chi connectivity index (χ0n) is 23.0. The van der Waals surface area contributed by atoms with E-state index in [4.69, 9.17) is 9.97 Å². The highest BCUT2D eigenvalue weighted by atomic mass is 16.3. The molecular weight excluding hydrogens is 478 g/mol. The van der Waals surface area contributed by atoms with Gasteiger partial charge in [0.25, 0.3) is 5.91 Å². The van der Waals surface area contributed by atoms with E-state index < -0.39 is 6.10 Å². The number of benzene rings is 1. The van der Waals surface area contributed by atoms with Gasteiger partial charge in [0.1, 0.15) is 0 Å². The fourth-order valence-electron chi connectivity index (χ4n) is 4.57. The molecule has 0 aliphatic heterocycles. The summed E-state index contributed by atoms with van der Waals surface area (Å²) >= 11 is 0. The first-order valence-electron chi connectivity index (χ1n) is 12.9. The maximum absolute atomic E-state index is 13.8. The Morgan fingerprint density at radius 1 is 1.08 bits per heavy atom. The van der Waals surface area contributed by atoms with Crippen LogP contribution in [0, 0.1) is 20.8 Å². The Labute approximate surface area is 223 Å². The second-order valence-corrected chi connectivity index (χ2v) is 9.73. The maximum Gasteiger partial charge on any atom is 0.254 e. The summed E-state index contributed by atoms with van der Waals surface area (Å²) in [5, 5.41) is 21.5. The van der Waals surface area contributed by atoms with Gasteiger partial charge in [0.15, 0.2) is 0 Å². The second-order valence-electron chi connectivity index (χ2n) is 9.73. The number of nitrogens with zero attached hydrogens (tertiary/aromatic N) is 5. The molecule has 4 aromatic rings. The van der Waals surface area contributed by atoms with Crippen molar-refractivity contribution in [1.29, 1.82) is 0 Å². The minimum absolute atomic E-state index is 0.0820. The predicted octanol–water partition coefficient (Wildman–Crippen LogP) is 3.70. The average Bonchev–Trinajstić information content (AvgIpc) is 3.25. The maximum atomic E-state index is 13.8. The molecule has 1 amide bonds. The number of carbonyl (C=O) groups is 1. The van der Waals surface area contributed by atoms with E-state index in [1.54, 1.807) is 11.9 Å². The van der Waals surface area contributed by atoms with Crippen LogP contribution in [-0.2, 0) is 13.1 Å². The Morgan fingerprint density at radius 3 is 2.55 bits per heavy atom. The highest BCUT2D eigenvalue weighted by molar-refractivity contribution is 6.07. The first kappa shape index (κ1) is 27.2. The first-order valence-corrected chi connectivity index (χ1v) is 12.9. The van der Waals surface area contributed by atoms with Gasteiger partial charge >= 0.3 is 0 Å². The molecular formula is C29H37N7O2. The summed E-state index contributed by atoms with van der Waals surface area (Å²) in [5.74, 6) is -0.0820. The normalized spacial score (nSPS) is 12.1.